The summed E-state index contributed by atoms with van der Waals surface area (Å²) in [6.07, 6.45) is -8.54. The molecule has 3 nitrogen and oxygen atoms in total. The van der Waals surface area contributed by atoms with Gasteiger partial charge in [-0.1, -0.05) is 0 Å². The van der Waals surface area contributed by atoms with Crippen LogP contribution in [0, 0.1) is 3.57 Å². The van der Waals surface area contributed by atoms with Crippen LogP contribution >= 0.6 is 22.6 Å². The van der Waals surface area contributed by atoms with E-state index in [1.807, 2.05) is 0 Å². The average molecular weight is 409 g/mol. The first-order chi connectivity index (χ1) is 9.16. The summed E-state index contributed by atoms with van der Waals surface area (Å²) in [4.78, 5) is 14.7. The largest absolute Gasteiger partial charge is 0.466 e. The zero-order valence-electron chi connectivity index (χ0n) is 10.1. The molecule has 0 saturated carbocycles. The number of hydrogen-bond acceptors (Lipinski definition) is 3. The van der Waals surface area contributed by atoms with Gasteiger partial charge in [-0.3, -0.25) is 9.78 Å². The number of hydrogen-bond donors (Lipinski definition) is 0. The van der Waals surface area contributed by atoms with Crippen LogP contribution in [0.25, 0.3) is 0 Å². The molecule has 9 heteroatoms. The quantitative estimate of drug-likeness (QED) is 0.432. The van der Waals surface area contributed by atoms with Crippen LogP contribution in [0.3, 0.4) is 0 Å². The van der Waals surface area contributed by atoms with Gasteiger partial charge in [0.05, 0.1) is 24.3 Å². The molecule has 0 N–H and O–H groups in total. The standard InChI is InChI=1S/C11H9F5INO2/c1-2-20-8(19)4-6-9(17)5(11(14,15)16)3-7(18-6)10(12)13/h3,10H,2,4H2,1H3. The van der Waals surface area contributed by atoms with Gasteiger partial charge in [-0.15, -0.1) is 0 Å². The van der Waals surface area contributed by atoms with Crippen molar-refractivity contribution in [3.63, 3.8) is 0 Å². The summed E-state index contributed by atoms with van der Waals surface area (Å²) < 4.78 is 67.7. The number of rotatable bonds is 4. The Morgan fingerprint density at radius 2 is 2.05 bits per heavy atom. The highest BCUT2D eigenvalue weighted by Gasteiger charge is 2.36. The van der Waals surface area contributed by atoms with Gasteiger partial charge < -0.3 is 4.74 Å². The fraction of sp³-hybridized carbons (Fsp3) is 0.455. The summed E-state index contributed by atoms with van der Waals surface area (Å²) >= 11 is 1.33. The van der Waals surface area contributed by atoms with Crippen molar-refractivity contribution in [2.75, 3.05) is 6.61 Å². The van der Waals surface area contributed by atoms with E-state index in [2.05, 4.69) is 9.72 Å². The fourth-order valence-electron chi connectivity index (χ4n) is 1.39. The van der Waals surface area contributed by atoms with E-state index in [0.717, 1.165) is 0 Å². The molecule has 0 aliphatic heterocycles. The van der Waals surface area contributed by atoms with Crippen molar-refractivity contribution >= 4 is 28.6 Å². The van der Waals surface area contributed by atoms with E-state index in [1.165, 1.54) is 29.5 Å². The van der Waals surface area contributed by atoms with Crippen LogP contribution < -0.4 is 0 Å². The van der Waals surface area contributed by atoms with Crippen molar-refractivity contribution in [3.8, 4) is 0 Å². The van der Waals surface area contributed by atoms with Crippen LogP contribution in [0.1, 0.15) is 30.3 Å². The monoisotopic (exact) mass is 409 g/mol. The molecule has 1 rings (SSSR count). The third kappa shape index (κ3) is 4.25. The number of ether oxygens (including phenoxy) is 1. The molecule has 0 amide bonds. The van der Waals surface area contributed by atoms with Crippen LogP contribution in [0.5, 0.6) is 0 Å². The third-order valence-electron chi connectivity index (χ3n) is 2.19. The molecule has 0 bridgehead atoms. The van der Waals surface area contributed by atoms with Crippen LogP contribution in [0.4, 0.5) is 22.0 Å². The highest BCUT2D eigenvalue weighted by molar-refractivity contribution is 14.1. The maximum atomic E-state index is 12.8. The molecule has 20 heavy (non-hydrogen) atoms. The third-order valence-corrected chi connectivity index (χ3v) is 3.40. The second-order valence-electron chi connectivity index (χ2n) is 3.64. The number of nitrogens with zero attached hydrogens (tertiary/aromatic N) is 1. The molecular weight excluding hydrogens is 400 g/mol. The van der Waals surface area contributed by atoms with Gasteiger partial charge in [-0.2, -0.15) is 13.2 Å². The number of halogens is 6. The number of carbonyl (C=O) groups excluding carboxylic acids is 1. The van der Waals surface area contributed by atoms with Crippen molar-refractivity contribution in [3.05, 3.63) is 26.6 Å². The molecule has 1 heterocycles. The summed E-state index contributed by atoms with van der Waals surface area (Å²) in [6, 6.07) is 0.293. The lowest BCUT2D eigenvalue weighted by Crippen LogP contribution is -2.16. The van der Waals surface area contributed by atoms with E-state index in [1.54, 1.807) is 0 Å². The van der Waals surface area contributed by atoms with E-state index in [-0.39, 0.29) is 15.9 Å². The minimum atomic E-state index is -4.80. The first-order valence-electron chi connectivity index (χ1n) is 5.37. The Balaban J connectivity index is 3.28. The topological polar surface area (TPSA) is 39.2 Å². The van der Waals surface area contributed by atoms with Crippen LogP contribution in [0.2, 0.25) is 0 Å². The lowest BCUT2D eigenvalue weighted by Gasteiger charge is -2.14. The zero-order valence-corrected chi connectivity index (χ0v) is 12.3. The van der Waals surface area contributed by atoms with Crippen LogP contribution in [-0.2, 0) is 22.1 Å². The maximum absolute atomic E-state index is 12.8. The predicted molar refractivity (Wildman–Crippen MR) is 67.3 cm³/mol. The predicted octanol–water partition coefficient (Wildman–Crippen LogP) is 3.75. The van der Waals surface area contributed by atoms with Gasteiger partial charge >= 0.3 is 12.1 Å². The van der Waals surface area contributed by atoms with E-state index in [0.29, 0.717) is 6.07 Å². The zero-order chi connectivity index (χ0) is 15.5. The first kappa shape index (κ1) is 17.1. The summed E-state index contributed by atoms with van der Waals surface area (Å²) in [6.45, 7) is 1.56. The molecule has 1 aromatic heterocycles. The van der Waals surface area contributed by atoms with Crippen LogP contribution in [-0.4, -0.2) is 17.6 Å². The summed E-state index contributed by atoms with van der Waals surface area (Å²) in [7, 11) is 0. The van der Waals surface area contributed by atoms with E-state index < -0.39 is 36.2 Å². The molecule has 0 aliphatic rings. The number of pyridine rings is 1. The van der Waals surface area contributed by atoms with Gasteiger partial charge in [0.2, 0.25) is 0 Å². The molecule has 0 aliphatic carbocycles. The van der Waals surface area contributed by atoms with Gasteiger partial charge in [0.25, 0.3) is 6.43 Å². The Morgan fingerprint density at radius 3 is 2.50 bits per heavy atom. The highest BCUT2D eigenvalue weighted by atomic mass is 127. The molecule has 0 unspecified atom stereocenters. The maximum Gasteiger partial charge on any atom is 0.417 e. The smallest absolute Gasteiger partial charge is 0.417 e. The Morgan fingerprint density at radius 1 is 1.45 bits per heavy atom. The summed E-state index contributed by atoms with van der Waals surface area (Å²) in [5, 5.41) is 0. The normalized spacial score (nSPS) is 11.8. The van der Waals surface area contributed by atoms with Crippen molar-refractivity contribution in [1.29, 1.82) is 0 Å². The van der Waals surface area contributed by atoms with E-state index >= 15 is 0 Å². The second kappa shape index (κ2) is 6.64. The second-order valence-corrected chi connectivity index (χ2v) is 4.71. The van der Waals surface area contributed by atoms with Crippen molar-refractivity contribution in [2.24, 2.45) is 0 Å². The molecule has 0 fully saturated rings. The van der Waals surface area contributed by atoms with Crippen molar-refractivity contribution in [1.82, 2.24) is 4.98 Å². The average Bonchev–Trinajstić information content (AvgIpc) is 2.30. The summed E-state index contributed by atoms with van der Waals surface area (Å²) in [5.41, 5.74) is -2.62. The molecular formula is C11H9F5INO2. The van der Waals surface area contributed by atoms with Gasteiger partial charge in [0.1, 0.15) is 5.69 Å². The Bertz CT molecular complexity index is 504. The fourth-order valence-corrected chi connectivity index (χ4v) is 2.16. The van der Waals surface area contributed by atoms with E-state index in [4.69, 9.17) is 0 Å². The first-order valence-corrected chi connectivity index (χ1v) is 6.45. The number of alkyl halides is 5. The number of carbonyl (C=O) groups is 1. The van der Waals surface area contributed by atoms with E-state index in [9.17, 15) is 26.7 Å². The SMILES string of the molecule is CCOC(=O)Cc1nc(C(F)F)cc(C(F)(F)F)c1I. The minimum absolute atomic E-state index is 0.0378. The number of aromatic nitrogens is 1. The lowest BCUT2D eigenvalue weighted by molar-refractivity contribution is -0.143. The lowest BCUT2D eigenvalue weighted by atomic mass is 10.1. The van der Waals surface area contributed by atoms with Crippen molar-refractivity contribution in [2.45, 2.75) is 25.9 Å². The molecule has 112 valence electrons. The molecule has 1 aromatic rings. The highest BCUT2D eigenvalue weighted by Crippen LogP contribution is 2.36. The van der Waals surface area contributed by atoms with Gasteiger partial charge in [0, 0.05) is 3.57 Å². The Hall–Kier alpha value is -1.00. The molecule has 0 aromatic carbocycles. The van der Waals surface area contributed by atoms with Crippen molar-refractivity contribution < 1.29 is 31.5 Å². The molecule has 0 spiro atoms. The van der Waals surface area contributed by atoms with Gasteiger partial charge in [-0.05, 0) is 35.6 Å². The summed E-state index contributed by atoms with van der Waals surface area (Å²) in [5.74, 6) is -0.822. The molecule has 0 radical (unpaired) electrons. The minimum Gasteiger partial charge on any atom is -0.466 e. The number of esters is 1. The van der Waals surface area contributed by atoms with Gasteiger partial charge in [0.15, 0.2) is 0 Å². The Kier molecular flexibility index (Phi) is 5.66. The van der Waals surface area contributed by atoms with Crippen LogP contribution in [0.15, 0.2) is 6.07 Å². The molecule has 0 saturated heterocycles. The Labute approximate surface area is 124 Å². The van der Waals surface area contributed by atoms with Gasteiger partial charge in [-0.25, -0.2) is 8.78 Å². The molecule has 0 atom stereocenters.